The highest BCUT2D eigenvalue weighted by molar-refractivity contribution is 6.24. The average Bonchev–Trinajstić information content (AvgIpc) is 3.05. The van der Waals surface area contributed by atoms with Crippen LogP contribution in [-0.2, 0) is 0 Å². The summed E-state index contributed by atoms with van der Waals surface area (Å²) >= 11 is 6.85. The molecule has 0 aliphatic heterocycles. The van der Waals surface area contributed by atoms with Crippen molar-refractivity contribution < 1.29 is 0 Å². The van der Waals surface area contributed by atoms with E-state index in [0.717, 1.165) is 54.8 Å². The van der Waals surface area contributed by atoms with Gasteiger partial charge in [0.15, 0.2) is 5.00 Å². The second-order valence-corrected chi connectivity index (χ2v) is 13.5. The number of hydrogen-bond donors (Lipinski definition) is 0. The highest BCUT2D eigenvalue weighted by Gasteiger charge is 2.63. The highest BCUT2D eigenvalue weighted by Crippen LogP contribution is 2.70. The first-order valence-electron chi connectivity index (χ1n) is 13.2. The van der Waals surface area contributed by atoms with Crippen LogP contribution in [0.4, 0.5) is 0 Å². The third kappa shape index (κ3) is 3.60. The molecule has 0 N–H and O–H groups in total. The molecule has 4 aliphatic carbocycles. The topological polar surface area (TPSA) is 29.4 Å². The van der Waals surface area contributed by atoms with Gasteiger partial charge in [0.2, 0.25) is 0 Å². The average molecular weight is 436 g/mol. The molecule has 6 unspecified atom stereocenters. The van der Waals surface area contributed by atoms with Gasteiger partial charge < -0.3 is 0 Å². The summed E-state index contributed by atoms with van der Waals surface area (Å²) in [4.78, 5) is 10.9. The van der Waals surface area contributed by atoms with Gasteiger partial charge in [-0.2, -0.15) is 0 Å². The Morgan fingerprint density at radius 3 is 2.33 bits per heavy atom. The Kier molecular flexibility index (Phi) is 6.42. The molecule has 172 valence electrons. The van der Waals surface area contributed by atoms with Gasteiger partial charge in [0.1, 0.15) is 0 Å². The highest BCUT2D eigenvalue weighted by atomic mass is 35.5. The maximum Gasteiger partial charge on any atom is 0.178 e. The fraction of sp³-hybridized carbons (Fsp3) is 1.00. The second kappa shape index (κ2) is 8.35. The molecule has 3 heteroatoms. The van der Waals surface area contributed by atoms with Gasteiger partial charge in [-0.15, -0.1) is 4.91 Å². The molecule has 2 nitrogen and oxygen atoms in total. The van der Waals surface area contributed by atoms with Crippen molar-refractivity contribution in [2.24, 2.45) is 57.4 Å². The minimum Gasteiger partial charge on any atom is -0.149 e. The quantitative estimate of drug-likeness (QED) is 0.232. The van der Waals surface area contributed by atoms with E-state index in [4.69, 9.17) is 11.6 Å². The molecular weight excluding hydrogens is 390 g/mol. The second-order valence-electron chi connectivity index (χ2n) is 12.8. The maximum absolute atomic E-state index is 11.7. The smallest absolute Gasteiger partial charge is 0.149 e. The molecule has 0 aromatic rings. The number of nitroso groups, excluding NO2 is 1. The maximum atomic E-state index is 11.7. The van der Waals surface area contributed by atoms with Crippen molar-refractivity contribution in [2.45, 2.75) is 117 Å². The molecule has 0 spiro atoms. The standard InChI is InChI=1S/C27H46ClNO/c1-18(2)8-6-9-19(3)21-11-12-22-20-10-13-24-26(5,15-7-16-27(24,28)29-30)23(20)14-17-25(21,22)4/h18-24H,6-17H2,1-5H3/t19-,20?,21?,22?,23?,24-,25?,26?,27+/m1/s1. The van der Waals surface area contributed by atoms with Crippen LogP contribution in [0.2, 0.25) is 0 Å². The Balaban J connectivity index is 1.50. The molecule has 4 rings (SSSR count). The minimum atomic E-state index is -0.831. The van der Waals surface area contributed by atoms with Crippen molar-refractivity contribution in [3.8, 4) is 0 Å². The largest absolute Gasteiger partial charge is 0.178 e. The predicted octanol–water partition coefficient (Wildman–Crippen LogP) is 8.81. The zero-order valence-corrected chi connectivity index (χ0v) is 21.0. The monoisotopic (exact) mass is 435 g/mol. The lowest BCUT2D eigenvalue weighted by molar-refractivity contribution is -0.123. The van der Waals surface area contributed by atoms with Gasteiger partial charge in [-0.3, -0.25) is 0 Å². The van der Waals surface area contributed by atoms with E-state index >= 15 is 0 Å². The predicted molar refractivity (Wildman–Crippen MR) is 127 cm³/mol. The fourth-order valence-electron chi connectivity index (χ4n) is 9.57. The number of hydrogen-bond acceptors (Lipinski definition) is 2. The summed E-state index contributed by atoms with van der Waals surface area (Å²) in [6.07, 6.45) is 15.3. The number of rotatable bonds is 6. The summed E-state index contributed by atoms with van der Waals surface area (Å²) in [6.45, 7) is 12.4. The Bertz CT molecular complexity index is 636. The van der Waals surface area contributed by atoms with E-state index < -0.39 is 5.00 Å². The lowest BCUT2D eigenvalue weighted by atomic mass is 9.44. The van der Waals surface area contributed by atoms with E-state index in [9.17, 15) is 4.91 Å². The van der Waals surface area contributed by atoms with E-state index in [-0.39, 0.29) is 11.3 Å². The molecule has 0 saturated heterocycles. The fourth-order valence-corrected chi connectivity index (χ4v) is 10.1. The number of fused-ring (bicyclic) bond motifs is 5. The third-order valence-corrected chi connectivity index (χ3v) is 11.5. The van der Waals surface area contributed by atoms with Crippen LogP contribution >= 0.6 is 11.6 Å². The molecule has 4 saturated carbocycles. The Morgan fingerprint density at radius 1 is 0.900 bits per heavy atom. The molecule has 0 aromatic carbocycles. The summed E-state index contributed by atoms with van der Waals surface area (Å²) in [5.74, 6) is 5.40. The van der Waals surface area contributed by atoms with Gasteiger partial charge in [0, 0.05) is 5.92 Å². The van der Waals surface area contributed by atoms with Crippen LogP contribution in [0, 0.1) is 57.2 Å². The van der Waals surface area contributed by atoms with Crippen molar-refractivity contribution in [2.75, 3.05) is 0 Å². The van der Waals surface area contributed by atoms with Gasteiger partial charge in [-0.1, -0.05) is 65.5 Å². The number of nitrogens with zero attached hydrogens (tertiary/aromatic N) is 1. The molecule has 0 radical (unpaired) electrons. The van der Waals surface area contributed by atoms with Crippen molar-refractivity contribution in [3.05, 3.63) is 4.91 Å². The minimum absolute atomic E-state index is 0.221. The normalized spacial score (nSPS) is 49.2. The molecule has 30 heavy (non-hydrogen) atoms. The first-order chi connectivity index (χ1) is 14.2. The molecule has 0 amide bonds. The molecule has 0 bridgehead atoms. The number of alkyl halides is 1. The van der Waals surface area contributed by atoms with Crippen molar-refractivity contribution in [1.82, 2.24) is 0 Å². The summed E-state index contributed by atoms with van der Waals surface area (Å²) in [6, 6.07) is 0. The Morgan fingerprint density at radius 2 is 1.63 bits per heavy atom. The Hall–Kier alpha value is -0.110. The van der Waals surface area contributed by atoms with Crippen molar-refractivity contribution >= 4 is 11.6 Å². The summed E-state index contributed by atoms with van der Waals surface area (Å²) in [7, 11) is 0. The molecule has 0 heterocycles. The van der Waals surface area contributed by atoms with E-state index in [1.807, 2.05) is 0 Å². The van der Waals surface area contributed by atoms with Gasteiger partial charge in [0.25, 0.3) is 0 Å². The van der Waals surface area contributed by atoms with Gasteiger partial charge in [0.05, 0.1) is 0 Å². The third-order valence-electron chi connectivity index (χ3n) is 11.0. The van der Waals surface area contributed by atoms with Crippen LogP contribution in [0.1, 0.15) is 112 Å². The molecule has 0 aromatic heterocycles. The van der Waals surface area contributed by atoms with E-state index in [2.05, 4.69) is 39.8 Å². The van der Waals surface area contributed by atoms with Crippen LogP contribution < -0.4 is 0 Å². The van der Waals surface area contributed by atoms with Gasteiger partial charge >= 0.3 is 0 Å². The van der Waals surface area contributed by atoms with Crippen molar-refractivity contribution in [3.63, 3.8) is 0 Å². The van der Waals surface area contributed by atoms with E-state index in [1.54, 1.807) is 0 Å². The van der Waals surface area contributed by atoms with Crippen LogP contribution in [0.3, 0.4) is 0 Å². The SMILES string of the molecule is CC(C)CCC[C@@H](C)C1CCC2C3CC[C@@H]4C(C)(CCC[C@]4(Cl)N=O)C3CCC21C. The molecule has 4 fully saturated rings. The summed E-state index contributed by atoms with van der Waals surface area (Å²) < 4.78 is 0. The van der Waals surface area contributed by atoms with Crippen LogP contribution in [0.15, 0.2) is 5.18 Å². The molecular formula is C27H46ClNO. The lowest BCUT2D eigenvalue weighted by Gasteiger charge is -2.62. The van der Waals surface area contributed by atoms with Crippen LogP contribution in [0.25, 0.3) is 0 Å². The van der Waals surface area contributed by atoms with Crippen LogP contribution in [0.5, 0.6) is 0 Å². The Labute approximate surface area is 190 Å². The van der Waals surface area contributed by atoms with E-state index in [0.29, 0.717) is 5.41 Å². The van der Waals surface area contributed by atoms with Crippen molar-refractivity contribution in [1.29, 1.82) is 0 Å². The van der Waals surface area contributed by atoms with Crippen LogP contribution in [-0.4, -0.2) is 5.00 Å². The first kappa shape index (κ1) is 23.1. The molecule has 4 aliphatic rings. The number of halogens is 1. The summed E-state index contributed by atoms with van der Waals surface area (Å²) in [5, 5.41) is 3.52. The summed E-state index contributed by atoms with van der Waals surface area (Å²) in [5.41, 5.74) is 0.760. The van der Waals surface area contributed by atoms with Gasteiger partial charge in [-0.05, 0) is 109 Å². The zero-order valence-electron chi connectivity index (χ0n) is 20.3. The first-order valence-corrected chi connectivity index (χ1v) is 13.6. The lowest BCUT2D eigenvalue weighted by Crippen LogP contribution is -2.57. The van der Waals surface area contributed by atoms with Gasteiger partial charge in [-0.25, -0.2) is 0 Å². The van der Waals surface area contributed by atoms with E-state index in [1.165, 1.54) is 57.8 Å². The zero-order chi connectivity index (χ0) is 21.7. The molecule has 9 atom stereocenters.